The first-order valence-electron chi connectivity index (χ1n) is 10.4. The Morgan fingerprint density at radius 2 is 1.97 bits per heavy atom. The lowest BCUT2D eigenvalue weighted by molar-refractivity contribution is -0.133. The summed E-state index contributed by atoms with van der Waals surface area (Å²) in [6.07, 6.45) is 6.87. The smallest absolute Gasteiger partial charge is 0.325 e. The van der Waals surface area contributed by atoms with Crippen LogP contribution in [0.25, 0.3) is 0 Å². The predicted molar refractivity (Wildman–Crippen MR) is 109 cm³/mol. The van der Waals surface area contributed by atoms with Crippen LogP contribution in [-0.4, -0.2) is 56.9 Å². The monoisotopic (exact) mass is 407 g/mol. The first kappa shape index (κ1) is 19.0. The molecule has 30 heavy (non-hydrogen) atoms. The van der Waals surface area contributed by atoms with Crippen molar-refractivity contribution in [2.75, 3.05) is 19.7 Å². The van der Waals surface area contributed by atoms with Gasteiger partial charge in [-0.15, -0.1) is 0 Å². The van der Waals surface area contributed by atoms with Gasteiger partial charge in [-0.2, -0.15) is 0 Å². The molecule has 1 atom stereocenters. The molecule has 4 heterocycles. The number of imide groups is 1. The molecule has 2 saturated heterocycles. The molecule has 1 aromatic heterocycles. The second-order valence-electron chi connectivity index (χ2n) is 8.33. The van der Waals surface area contributed by atoms with E-state index < -0.39 is 5.54 Å². The fourth-order valence-electron chi connectivity index (χ4n) is 4.70. The lowest BCUT2D eigenvalue weighted by Crippen LogP contribution is -2.55. The van der Waals surface area contributed by atoms with E-state index >= 15 is 0 Å². The van der Waals surface area contributed by atoms with E-state index in [0.29, 0.717) is 12.8 Å². The van der Waals surface area contributed by atoms with Gasteiger partial charge in [0.05, 0.1) is 13.2 Å². The van der Waals surface area contributed by atoms with Crippen molar-refractivity contribution in [2.24, 2.45) is 0 Å². The molecule has 3 aliphatic heterocycles. The average molecular weight is 407 g/mol. The van der Waals surface area contributed by atoms with Crippen LogP contribution in [0.5, 0.6) is 5.75 Å². The van der Waals surface area contributed by atoms with E-state index in [9.17, 15) is 9.59 Å². The molecule has 8 heteroatoms. The normalized spacial score (nSPS) is 21.4. The maximum Gasteiger partial charge on any atom is 0.325 e. The highest BCUT2D eigenvalue weighted by Crippen LogP contribution is 2.35. The SMILES string of the molecule is C[C@@H](c1ccc2c(c1)OCC2)N1CCC2(CC1)NC(=O)N(Cc1cncnc1)C2=O. The van der Waals surface area contributed by atoms with E-state index in [0.717, 1.165) is 37.4 Å². The summed E-state index contributed by atoms with van der Waals surface area (Å²) in [6.45, 7) is 4.63. The number of fused-ring (bicyclic) bond motifs is 1. The van der Waals surface area contributed by atoms with Gasteiger partial charge in [0.15, 0.2) is 0 Å². The van der Waals surface area contributed by atoms with Gasteiger partial charge in [0.1, 0.15) is 17.6 Å². The first-order chi connectivity index (χ1) is 14.6. The second-order valence-corrected chi connectivity index (χ2v) is 8.33. The highest BCUT2D eigenvalue weighted by molar-refractivity contribution is 6.07. The molecule has 2 aromatic rings. The van der Waals surface area contributed by atoms with Gasteiger partial charge in [-0.05, 0) is 37.0 Å². The van der Waals surface area contributed by atoms with Crippen LogP contribution in [0.1, 0.15) is 42.5 Å². The van der Waals surface area contributed by atoms with Crippen LogP contribution >= 0.6 is 0 Å². The Labute approximate surface area is 175 Å². The zero-order valence-corrected chi connectivity index (χ0v) is 17.0. The van der Waals surface area contributed by atoms with E-state index in [1.807, 2.05) is 0 Å². The number of amides is 3. The number of aromatic nitrogens is 2. The summed E-state index contributed by atoms with van der Waals surface area (Å²) in [5, 5.41) is 2.97. The highest BCUT2D eigenvalue weighted by atomic mass is 16.5. The summed E-state index contributed by atoms with van der Waals surface area (Å²) in [7, 11) is 0. The van der Waals surface area contributed by atoms with E-state index in [2.05, 4.69) is 45.3 Å². The molecule has 1 spiro atoms. The molecule has 1 N–H and O–H groups in total. The lowest BCUT2D eigenvalue weighted by atomic mass is 9.86. The number of likely N-dealkylation sites (tertiary alicyclic amines) is 1. The maximum atomic E-state index is 13.1. The number of carbonyl (C=O) groups excluding carboxylic acids is 2. The van der Waals surface area contributed by atoms with Crippen molar-refractivity contribution in [3.05, 3.63) is 53.6 Å². The summed E-state index contributed by atoms with van der Waals surface area (Å²) >= 11 is 0. The van der Waals surface area contributed by atoms with Crippen LogP contribution in [0.4, 0.5) is 4.79 Å². The maximum absolute atomic E-state index is 13.1. The van der Waals surface area contributed by atoms with Crippen molar-refractivity contribution in [1.82, 2.24) is 25.1 Å². The molecule has 0 bridgehead atoms. The van der Waals surface area contributed by atoms with Gasteiger partial charge >= 0.3 is 6.03 Å². The summed E-state index contributed by atoms with van der Waals surface area (Å²) in [6, 6.07) is 6.37. The summed E-state index contributed by atoms with van der Waals surface area (Å²) in [4.78, 5) is 37.3. The van der Waals surface area contributed by atoms with Crippen LogP contribution in [0.2, 0.25) is 0 Å². The number of hydrogen-bond acceptors (Lipinski definition) is 6. The number of hydrogen-bond donors (Lipinski definition) is 1. The topological polar surface area (TPSA) is 87.7 Å². The fourth-order valence-corrected chi connectivity index (χ4v) is 4.70. The van der Waals surface area contributed by atoms with Gasteiger partial charge < -0.3 is 10.1 Å². The molecule has 0 aliphatic carbocycles. The van der Waals surface area contributed by atoms with Crippen LogP contribution in [0.3, 0.4) is 0 Å². The van der Waals surface area contributed by atoms with Crippen molar-refractivity contribution < 1.29 is 14.3 Å². The molecule has 0 unspecified atom stereocenters. The summed E-state index contributed by atoms with van der Waals surface area (Å²) < 4.78 is 5.71. The number of rotatable bonds is 4. The van der Waals surface area contributed by atoms with Gasteiger partial charge in [-0.1, -0.05) is 12.1 Å². The minimum absolute atomic E-state index is 0.144. The summed E-state index contributed by atoms with van der Waals surface area (Å²) in [5.74, 6) is 0.848. The van der Waals surface area contributed by atoms with Crippen LogP contribution in [0.15, 0.2) is 36.9 Å². The first-order valence-corrected chi connectivity index (χ1v) is 10.4. The lowest BCUT2D eigenvalue weighted by Gasteiger charge is -2.40. The van der Waals surface area contributed by atoms with Crippen molar-refractivity contribution in [3.63, 3.8) is 0 Å². The van der Waals surface area contributed by atoms with Crippen molar-refractivity contribution in [3.8, 4) is 5.75 Å². The van der Waals surface area contributed by atoms with E-state index in [1.165, 1.54) is 22.4 Å². The molecular formula is C22H25N5O3. The Kier molecular flexibility index (Phi) is 4.66. The zero-order chi connectivity index (χ0) is 20.7. The Bertz CT molecular complexity index is 972. The van der Waals surface area contributed by atoms with Crippen LogP contribution in [0, 0.1) is 0 Å². The molecule has 0 radical (unpaired) electrons. The molecule has 156 valence electrons. The molecule has 1 aromatic carbocycles. The second kappa shape index (κ2) is 7.36. The quantitative estimate of drug-likeness (QED) is 0.781. The van der Waals surface area contributed by atoms with Crippen molar-refractivity contribution in [1.29, 1.82) is 0 Å². The Balaban J connectivity index is 1.26. The fraction of sp³-hybridized carbons (Fsp3) is 0.455. The molecule has 0 saturated carbocycles. The number of carbonyl (C=O) groups is 2. The molecule has 8 nitrogen and oxygen atoms in total. The van der Waals surface area contributed by atoms with Crippen LogP contribution in [-0.2, 0) is 17.8 Å². The molecule has 2 fully saturated rings. The largest absolute Gasteiger partial charge is 0.493 e. The third kappa shape index (κ3) is 3.21. The van der Waals surface area contributed by atoms with E-state index in [1.54, 1.807) is 12.4 Å². The Morgan fingerprint density at radius 1 is 1.20 bits per heavy atom. The molecular weight excluding hydrogens is 382 g/mol. The Morgan fingerprint density at radius 3 is 2.73 bits per heavy atom. The molecule has 3 amide bonds. The Hall–Kier alpha value is -3.00. The standard InChI is InChI=1S/C22H25N5O3/c1-15(18-3-2-17-4-9-30-19(17)10-18)26-7-5-22(6-8-26)20(28)27(21(29)25-22)13-16-11-23-14-24-12-16/h2-3,10-12,14-15H,4-9,13H2,1H3,(H,25,29)/t15-/m0/s1. The zero-order valence-electron chi connectivity index (χ0n) is 17.0. The number of piperidine rings is 1. The van der Waals surface area contributed by atoms with Crippen molar-refractivity contribution in [2.45, 2.75) is 44.3 Å². The minimum Gasteiger partial charge on any atom is -0.493 e. The molecule has 5 rings (SSSR count). The number of benzene rings is 1. The van der Waals surface area contributed by atoms with Gasteiger partial charge in [-0.25, -0.2) is 14.8 Å². The number of ether oxygens (including phenoxy) is 1. The molecule has 3 aliphatic rings. The number of nitrogens with one attached hydrogen (secondary N) is 1. The van der Waals surface area contributed by atoms with Crippen LogP contribution < -0.4 is 10.1 Å². The number of nitrogens with zero attached hydrogens (tertiary/aromatic N) is 4. The van der Waals surface area contributed by atoms with Gasteiger partial charge in [0.25, 0.3) is 5.91 Å². The van der Waals surface area contributed by atoms with Gasteiger partial charge in [-0.3, -0.25) is 14.6 Å². The summed E-state index contributed by atoms with van der Waals surface area (Å²) in [5.41, 5.74) is 2.43. The third-order valence-electron chi connectivity index (χ3n) is 6.60. The number of urea groups is 1. The average Bonchev–Trinajstić information content (AvgIpc) is 3.33. The third-order valence-corrected chi connectivity index (χ3v) is 6.60. The van der Waals surface area contributed by atoms with E-state index in [4.69, 9.17) is 4.74 Å². The van der Waals surface area contributed by atoms with Gasteiger partial charge in [0, 0.05) is 43.5 Å². The van der Waals surface area contributed by atoms with E-state index in [-0.39, 0.29) is 24.5 Å². The predicted octanol–water partition coefficient (Wildman–Crippen LogP) is 2.06. The van der Waals surface area contributed by atoms with Gasteiger partial charge in [0.2, 0.25) is 0 Å². The minimum atomic E-state index is -0.802. The van der Waals surface area contributed by atoms with Crippen molar-refractivity contribution >= 4 is 11.9 Å². The highest BCUT2D eigenvalue weighted by Gasteiger charge is 2.52.